The number of aliphatic hydroxyl groups excluding tert-OH is 1. The van der Waals surface area contributed by atoms with Crippen LogP contribution < -0.4 is 0 Å². The van der Waals surface area contributed by atoms with Crippen LogP contribution in [0.2, 0.25) is 25.7 Å². The van der Waals surface area contributed by atoms with Gasteiger partial charge in [-0.05, 0) is 45.6 Å². The van der Waals surface area contributed by atoms with Gasteiger partial charge in [-0.2, -0.15) is 0 Å². The third-order valence-electron chi connectivity index (χ3n) is 4.69. The zero-order valence-corrected chi connectivity index (χ0v) is 19.5. The molecule has 0 spiro atoms. The Morgan fingerprint density at radius 2 is 2.04 bits per heavy atom. The van der Waals surface area contributed by atoms with Gasteiger partial charge in [0.25, 0.3) is 0 Å². The summed E-state index contributed by atoms with van der Waals surface area (Å²) in [5.41, 5.74) is 1.29. The lowest BCUT2D eigenvalue weighted by atomic mass is 10.0. The van der Waals surface area contributed by atoms with Gasteiger partial charge in [0.15, 0.2) is 5.79 Å². The Labute approximate surface area is 167 Å². The molecule has 1 N–H and O–H groups in total. The maximum atomic E-state index is 9.23. The number of ether oxygens (including phenoxy) is 4. The van der Waals surface area contributed by atoms with Gasteiger partial charge in [0, 0.05) is 27.7 Å². The van der Waals surface area contributed by atoms with Crippen LogP contribution in [-0.2, 0) is 18.9 Å². The molecule has 3 atom stereocenters. The van der Waals surface area contributed by atoms with Crippen molar-refractivity contribution < 1.29 is 24.1 Å². The maximum absolute atomic E-state index is 9.23. The molecule has 0 unspecified atom stereocenters. The molecule has 0 bridgehead atoms. The molecule has 0 aromatic rings. The third-order valence-corrected chi connectivity index (χ3v) is 6.39. The predicted octanol–water partition coefficient (Wildman–Crippen LogP) is 4.58. The van der Waals surface area contributed by atoms with E-state index >= 15 is 0 Å². The van der Waals surface area contributed by atoms with Crippen LogP contribution in [0, 0.1) is 5.92 Å². The molecule has 160 valence electrons. The predicted molar refractivity (Wildman–Crippen MR) is 113 cm³/mol. The second kappa shape index (κ2) is 11.7. The molecule has 27 heavy (non-hydrogen) atoms. The summed E-state index contributed by atoms with van der Waals surface area (Å²) in [5.74, 6) is -0.219. The molecule has 1 aliphatic rings. The van der Waals surface area contributed by atoms with Crippen molar-refractivity contribution in [1.82, 2.24) is 0 Å². The average molecular weight is 403 g/mol. The minimum absolute atomic E-state index is 0.0405. The largest absolute Gasteiger partial charge is 0.396 e. The van der Waals surface area contributed by atoms with E-state index in [4.69, 9.17) is 18.9 Å². The normalized spacial score (nSPS) is 22.8. The average Bonchev–Trinajstić information content (AvgIpc) is 2.89. The zero-order valence-electron chi connectivity index (χ0n) is 18.5. The van der Waals surface area contributed by atoms with Gasteiger partial charge in [0.1, 0.15) is 6.79 Å². The van der Waals surface area contributed by atoms with E-state index in [-0.39, 0.29) is 24.7 Å². The molecule has 1 aliphatic heterocycles. The number of aliphatic hydroxyl groups is 1. The summed E-state index contributed by atoms with van der Waals surface area (Å²) in [7, 11) is -1.08. The molecule has 0 amide bonds. The summed E-state index contributed by atoms with van der Waals surface area (Å²) < 4.78 is 23.4. The Bertz CT molecular complexity index is 444. The van der Waals surface area contributed by atoms with E-state index in [1.807, 2.05) is 13.8 Å². The first kappa shape index (κ1) is 24.8. The van der Waals surface area contributed by atoms with Crippen molar-refractivity contribution >= 4 is 8.07 Å². The highest BCUT2D eigenvalue weighted by atomic mass is 28.3. The van der Waals surface area contributed by atoms with Crippen LogP contribution in [0.4, 0.5) is 0 Å². The lowest BCUT2D eigenvalue weighted by Crippen LogP contribution is -2.26. The Morgan fingerprint density at radius 3 is 2.59 bits per heavy atom. The molecular formula is C21H42O5Si. The molecule has 1 rings (SSSR count). The summed E-state index contributed by atoms with van der Waals surface area (Å²) in [6, 6.07) is 1.15. The molecule has 0 radical (unpaired) electrons. The Kier molecular flexibility index (Phi) is 10.7. The highest BCUT2D eigenvalue weighted by Gasteiger charge is 2.34. The standard InChI is InChI=1S/C21H42O5Si/c1-17(12-18(2)14-22)8-9-19(13-20-15-25-21(3,4)26-20)24-16-23-10-11-27(5,6)7/h8,18-20,22H,9-16H2,1-7H3/b17-8+/t18-,19-,20+/m1/s1. The number of hydrogen-bond acceptors (Lipinski definition) is 5. The fraction of sp³-hybridized carbons (Fsp3) is 0.905. The van der Waals surface area contributed by atoms with Crippen molar-refractivity contribution in [3.05, 3.63) is 11.6 Å². The number of hydrogen-bond donors (Lipinski definition) is 1. The monoisotopic (exact) mass is 402 g/mol. The quantitative estimate of drug-likeness (QED) is 0.211. The third kappa shape index (κ3) is 12.0. The van der Waals surface area contributed by atoms with E-state index in [2.05, 4.69) is 39.6 Å². The van der Waals surface area contributed by atoms with Crippen LogP contribution in [0.25, 0.3) is 0 Å². The zero-order chi connectivity index (χ0) is 20.5. The van der Waals surface area contributed by atoms with Crippen LogP contribution in [0.1, 0.15) is 47.0 Å². The SMILES string of the molecule is C/C(=C\C[C@H](C[C@H]1COC(C)(C)O1)OCOCC[Si](C)(C)C)C[C@@H](C)CO. The summed E-state index contributed by atoms with van der Waals surface area (Å²) in [5, 5.41) is 9.23. The van der Waals surface area contributed by atoms with Crippen LogP contribution in [0.15, 0.2) is 11.6 Å². The van der Waals surface area contributed by atoms with Crippen molar-refractivity contribution in [3.8, 4) is 0 Å². The second-order valence-corrected chi connectivity index (χ2v) is 15.2. The lowest BCUT2D eigenvalue weighted by molar-refractivity contribution is -0.147. The van der Waals surface area contributed by atoms with Crippen LogP contribution in [0.5, 0.6) is 0 Å². The first-order valence-electron chi connectivity index (χ1n) is 10.3. The van der Waals surface area contributed by atoms with E-state index < -0.39 is 13.9 Å². The summed E-state index contributed by atoms with van der Waals surface area (Å²) >= 11 is 0. The second-order valence-electron chi connectivity index (χ2n) is 9.59. The highest BCUT2D eigenvalue weighted by Crippen LogP contribution is 2.26. The van der Waals surface area contributed by atoms with Gasteiger partial charge in [-0.3, -0.25) is 0 Å². The fourth-order valence-corrected chi connectivity index (χ4v) is 3.77. The van der Waals surface area contributed by atoms with Gasteiger partial charge in [0.05, 0.1) is 18.8 Å². The molecule has 1 fully saturated rings. The Balaban J connectivity index is 2.49. The van der Waals surface area contributed by atoms with Crippen LogP contribution >= 0.6 is 0 Å². The lowest BCUT2D eigenvalue weighted by Gasteiger charge is -2.22. The minimum Gasteiger partial charge on any atom is -0.396 e. The van der Waals surface area contributed by atoms with E-state index in [0.717, 1.165) is 31.9 Å². The van der Waals surface area contributed by atoms with Crippen molar-refractivity contribution in [2.75, 3.05) is 26.6 Å². The Morgan fingerprint density at radius 1 is 1.33 bits per heavy atom. The minimum atomic E-state index is -1.08. The molecular weight excluding hydrogens is 360 g/mol. The summed E-state index contributed by atoms with van der Waals surface area (Å²) in [4.78, 5) is 0. The Hall–Kier alpha value is -0.243. The van der Waals surface area contributed by atoms with Gasteiger partial charge < -0.3 is 24.1 Å². The molecule has 0 aromatic heterocycles. The molecule has 0 aliphatic carbocycles. The van der Waals surface area contributed by atoms with Crippen molar-refractivity contribution in [2.45, 2.75) is 90.6 Å². The van der Waals surface area contributed by atoms with E-state index in [1.54, 1.807) is 0 Å². The number of allylic oxidation sites excluding steroid dienone is 1. The van der Waals surface area contributed by atoms with E-state index in [1.165, 1.54) is 5.57 Å². The van der Waals surface area contributed by atoms with Crippen molar-refractivity contribution in [2.24, 2.45) is 5.92 Å². The molecule has 6 heteroatoms. The van der Waals surface area contributed by atoms with E-state index in [9.17, 15) is 5.11 Å². The van der Waals surface area contributed by atoms with Gasteiger partial charge in [-0.1, -0.05) is 38.2 Å². The molecule has 1 heterocycles. The first-order valence-corrected chi connectivity index (χ1v) is 14.0. The van der Waals surface area contributed by atoms with Crippen LogP contribution in [0.3, 0.4) is 0 Å². The summed E-state index contributed by atoms with van der Waals surface area (Å²) in [6.07, 6.45) is 4.84. The van der Waals surface area contributed by atoms with Crippen molar-refractivity contribution in [3.63, 3.8) is 0 Å². The highest BCUT2D eigenvalue weighted by molar-refractivity contribution is 6.76. The first-order chi connectivity index (χ1) is 12.5. The van der Waals surface area contributed by atoms with Gasteiger partial charge in [-0.25, -0.2) is 0 Å². The molecule has 5 nitrogen and oxygen atoms in total. The summed E-state index contributed by atoms with van der Waals surface area (Å²) in [6.45, 7) is 17.0. The molecule has 1 saturated heterocycles. The van der Waals surface area contributed by atoms with Crippen molar-refractivity contribution in [1.29, 1.82) is 0 Å². The fourth-order valence-electron chi connectivity index (χ4n) is 3.02. The van der Waals surface area contributed by atoms with Gasteiger partial charge in [-0.15, -0.1) is 0 Å². The van der Waals surface area contributed by atoms with Gasteiger partial charge in [0.2, 0.25) is 0 Å². The maximum Gasteiger partial charge on any atom is 0.163 e. The topological polar surface area (TPSA) is 57.2 Å². The smallest absolute Gasteiger partial charge is 0.163 e. The molecule has 0 aromatic carbocycles. The van der Waals surface area contributed by atoms with E-state index in [0.29, 0.717) is 13.4 Å². The van der Waals surface area contributed by atoms with Crippen LogP contribution in [-0.4, -0.2) is 57.8 Å². The number of rotatable bonds is 13. The van der Waals surface area contributed by atoms with Gasteiger partial charge >= 0.3 is 0 Å². The molecule has 0 saturated carbocycles.